The summed E-state index contributed by atoms with van der Waals surface area (Å²) in [6.45, 7) is 2.88. The molecule has 0 radical (unpaired) electrons. The van der Waals surface area contributed by atoms with E-state index in [-0.39, 0.29) is 12.3 Å². The second-order valence-corrected chi connectivity index (χ2v) is 6.15. The number of amides is 1. The lowest BCUT2D eigenvalue weighted by Gasteiger charge is -2.06. The number of aromatic nitrogens is 3. The zero-order valence-electron chi connectivity index (χ0n) is 13.8. The molecule has 0 saturated carbocycles. The van der Waals surface area contributed by atoms with Crippen LogP contribution in [0.1, 0.15) is 24.8 Å². The predicted molar refractivity (Wildman–Crippen MR) is 93.2 cm³/mol. The summed E-state index contributed by atoms with van der Waals surface area (Å²) in [6, 6.07) is 7.51. The highest BCUT2D eigenvalue weighted by molar-refractivity contribution is 7.13. The number of hydrogen-bond acceptors (Lipinski definition) is 7. The van der Waals surface area contributed by atoms with Gasteiger partial charge in [0.25, 0.3) is 0 Å². The monoisotopic (exact) mass is 358 g/mol. The molecular formula is C17H18N4O3S. The second-order valence-electron chi connectivity index (χ2n) is 5.20. The van der Waals surface area contributed by atoms with Crippen molar-refractivity contribution in [2.75, 3.05) is 6.61 Å². The average molecular weight is 358 g/mol. The van der Waals surface area contributed by atoms with Crippen LogP contribution in [0.5, 0.6) is 5.88 Å². The van der Waals surface area contributed by atoms with Crippen LogP contribution in [-0.2, 0) is 17.8 Å². The number of carbonyl (C=O) groups excluding carboxylic acids is 1. The Labute approximate surface area is 149 Å². The van der Waals surface area contributed by atoms with Gasteiger partial charge in [0.2, 0.25) is 23.5 Å². The Kier molecular flexibility index (Phi) is 5.73. The summed E-state index contributed by atoms with van der Waals surface area (Å²) < 4.78 is 10.5. The number of rotatable bonds is 8. The van der Waals surface area contributed by atoms with Gasteiger partial charge in [0.15, 0.2) is 0 Å². The molecule has 3 rings (SSSR count). The van der Waals surface area contributed by atoms with E-state index in [0.29, 0.717) is 37.2 Å². The molecule has 0 atom stereocenters. The quantitative estimate of drug-likeness (QED) is 0.666. The van der Waals surface area contributed by atoms with Crippen molar-refractivity contribution in [1.29, 1.82) is 0 Å². The van der Waals surface area contributed by atoms with Gasteiger partial charge in [0.1, 0.15) is 0 Å². The van der Waals surface area contributed by atoms with E-state index in [1.54, 1.807) is 17.5 Å². The van der Waals surface area contributed by atoms with E-state index < -0.39 is 0 Å². The predicted octanol–water partition coefficient (Wildman–Crippen LogP) is 2.84. The number of hydrogen-bond donors (Lipinski definition) is 1. The highest BCUT2D eigenvalue weighted by Crippen LogP contribution is 2.21. The summed E-state index contributed by atoms with van der Waals surface area (Å²) >= 11 is 1.54. The maximum atomic E-state index is 12.0. The molecule has 0 saturated heterocycles. The fraction of sp³-hybridized carbons (Fsp3) is 0.294. The van der Waals surface area contributed by atoms with Crippen molar-refractivity contribution in [3.8, 4) is 16.6 Å². The smallest absolute Gasteiger partial charge is 0.227 e. The van der Waals surface area contributed by atoms with Crippen LogP contribution in [0, 0.1) is 0 Å². The van der Waals surface area contributed by atoms with Crippen LogP contribution in [-0.4, -0.2) is 27.6 Å². The summed E-state index contributed by atoms with van der Waals surface area (Å²) in [5.41, 5.74) is 0.935. The number of carbonyl (C=O) groups is 1. The van der Waals surface area contributed by atoms with E-state index in [2.05, 4.69) is 20.4 Å². The van der Waals surface area contributed by atoms with Crippen LogP contribution < -0.4 is 10.1 Å². The molecule has 0 aliphatic carbocycles. The third-order valence-electron chi connectivity index (χ3n) is 3.36. The fourth-order valence-electron chi connectivity index (χ4n) is 2.16. The molecule has 3 aromatic heterocycles. The van der Waals surface area contributed by atoms with Gasteiger partial charge in [-0.2, -0.15) is 4.98 Å². The standard InChI is InChI=1S/C17H18N4O3S/c1-2-23-16-10-12(7-8-18-16)11-19-14(22)5-6-15-20-17(21-24-15)13-4-3-9-25-13/h3-4,7-10H,2,5-6,11H2,1H3,(H,19,22). The van der Waals surface area contributed by atoms with Gasteiger partial charge in [-0.15, -0.1) is 11.3 Å². The van der Waals surface area contributed by atoms with Crippen molar-refractivity contribution in [3.63, 3.8) is 0 Å². The van der Waals surface area contributed by atoms with Gasteiger partial charge in [-0.05, 0) is 30.0 Å². The van der Waals surface area contributed by atoms with E-state index in [4.69, 9.17) is 9.26 Å². The Morgan fingerprint density at radius 2 is 2.32 bits per heavy atom. The van der Waals surface area contributed by atoms with Crippen LogP contribution >= 0.6 is 11.3 Å². The minimum absolute atomic E-state index is 0.0781. The first-order chi connectivity index (χ1) is 12.2. The van der Waals surface area contributed by atoms with Gasteiger partial charge in [0, 0.05) is 31.6 Å². The molecule has 0 unspecified atom stereocenters. The largest absolute Gasteiger partial charge is 0.478 e. The molecule has 3 aromatic rings. The van der Waals surface area contributed by atoms with E-state index in [0.717, 1.165) is 10.4 Å². The van der Waals surface area contributed by atoms with E-state index in [1.165, 1.54) is 0 Å². The fourth-order valence-corrected chi connectivity index (χ4v) is 2.81. The molecule has 0 aliphatic rings. The normalized spacial score (nSPS) is 10.6. The van der Waals surface area contributed by atoms with Crippen molar-refractivity contribution in [2.45, 2.75) is 26.3 Å². The lowest BCUT2D eigenvalue weighted by Crippen LogP contribution is -2.23. The summed E-state index contributed by atoms with van der Waals surface area (Å²) in [4.78, 5) is 21.3. The van der Waals surface area contributed by atoms with Gasteiger partial charge in [-0.1, -0.05) is 11.2 Å². The molecule has 0 bridgehead atoms. The molecule has 0 aromatic carbocycles. The Morgan fingerprint density at radius 3 is 3.12 bits per heavy atom. The Hall–Kier alpha value is -2.74. The molecule has 1 N–H and O–H groups in total. The topological polar surface area (TPSA) is 90.1 Å². The molecule has 25 heavy (non-hydrogen) atoms. The Morgan fingerprint density at radius 1 is 1.40 bits per heavy atom. The average Bonchev–Trinajstić information content (AvgIpc) is 3.30. The van der Waals surface area contributed by atoms with Crippen molar-refractivity contribution in [3.05, 3.63) is 47.3 Å². The molecule has 0 aliphatic heterocycles. The van der Waals surface area contributed by atoms with Crippen LogP contribution in [0.15, 0.2) is 40.4 Å². The third kappa shape index (κ3) is 4.87. The maximum absolute atomic E-state index is 12.0. The first-order valence-electron chi connectivity index (χ1n) is 7.95. The van der Waals surface area contributed by atoms with Crippen LogP contribution in [0.2, 0.25) is 0 Å². The molecule has 7 nitrogen and oxygen atoms in total. The molecule has 1 amide bonds. The van der Waals surface area contributed by atoms with Gasteiger partial charge in [-0.3, -0.25) is 4.79 Å². The highest BCUT2D eigenvalue weighted by atomic mass is 32.1. The maximum Gasteiger partial charge on any atom is 0.227 e. The minimum atomic E-state index is -0.0781. The lowest BCUT2D eigenvalue weighted by molar-refractivity contribution is -0.121. The molecule has 3 heterocycles. The van der Waals surface area contributed by atoms with E-state index >= 15 is 0 Å². The third-order valence-corrected chi connectivity index (χ3v) is 4.22. The zero-order valence-corrected chi connectivity index (χ0v) is 14.6. The van der Waals surface area contributed by atoms with Gasteiger partial charge in [0.05, 0.1) is 11.5 Å². The van der Waals surface area contributed by atoms with Crippen molar-refractivity contribution in [2.24, 2.45) is 0 Å². The zero-order chi connectivity index (χ0) is 17.5. The first-order valence-corrected chi connectivity index (χ1v) is 8.83. The number of aryl methyl sites for hydroxylation is 1. The molecule has 130 valence electrons. The van der Waals surface area contributed by atoms with Crippen LogP contribution in [0.4, 0.5) is 0 Å². The summed E-state index contributed by atoms with van der Waals surface area (Å²) in [5, 5.41) is 8.75. The highest BCUT2D eigenvalue weighted by Gasteiger charge is 2.11. The van der Waals surface area contributed by atoms with Crippen LogP contribution in [0.3, 0.4) is 0 Å². The van der Waals surface area contributed by atoms with Gasteiger partial charge in [-0.25, -0.2) is 4.98 Å². The Bertz CT molecular complexity index is 817. The molecule has 0 spiro atoms. The summed E-state index contributed by atoms with van der Waals surface area (Å²) in [5.74, 6) is 1.50. The molecule has 0 fully saturated rings. The number of nitrogens with zero attached hydrogens (tertiary/aromatic N) is 3. The number of thiophene rings is 1. The van der Waals surface area contributed by atoms with Crippen molar-refractivity contribution < 1.29 is 14.1 Å². The van der Waals surface area contributed by atoms with E-state index in [1.807, 2.05) is 36.6 Å². The molecule has 8 heteroatoms. The van der Waals surface area contributed by atoms with Crippen molar-refractivity contribution in [1.82, 2.24) is 20.4 Å². The van der Waals surface area contributed by atoms with Gasteiger partial charge >= 0.3 is 0 Å². The summed E-state index contributed by atoms with van der Waals surface area (Å²) in [6.07, 6.45) is 2.36. The Balaban J connectivity index is 1.46. The summed E-state index contributed by atoms with van der Waals surface area (Å²) in [7, 11) is 0. The number of pyridine rings is 1. The van der Waals surface area contributed by atoms with Crippen LogP contribution in [0.25, 0.3) is 10.7 Å². The van der Waals surface area contributed by atoms with Crippen molar-refractivity contribution >= 4 is 17.2 Å². The minimum Gasteiger partial charge on any atom is -0.478 e. The van der Waals surface area contributed by atoms with E-state index in [9.17, 15) is 4.79 Å². The molecular weight excluding hydrogens is 340 g/mol. The SMILES string of the molecule is CCOc1cc(CNC(=O)CCc2nc(-c3cccs3)no2)ccn1. The van der Waals surface area contributed by atoms with Gasteiger partial charge < -0.3 is 14.6 Å². The lowest BCUT2D eigenvalue weighted by atomic mass is 10.2. The first kappa shape index (κ1) is 17.1. The number of nitrogens with one attached hydrogen (secondary N) is 1. The number of ether oxygens (including phenoxy) is 1. The second kappa shape index (κ2) is 8.39.